The number of aromatic nitrogens is 1. The van der Waals surface area contributed by atoms with Gasteiger partial charge in [-0.25, -0.2) is 0 Å². The number of pyridine rings is 1. The van der Waals surface area contributed by atoms with E-state index < -0.39 is 0 Å². The lowest BCUT2D eigenvalue weighted by atomic mass is 10.1. The minimum atomic E-state index is -0.338. The standard InChI is InChI=1S/C21H20ClN3O2/c1-14-4-3-5-15(10-14)13-24-17-8-9-23-19(12-17)21(26)25-18-11-16(22)6-7-20(18)27-2/h3-12H,13H2,1-2H3,(H,23,24)(H,25,26). The van der Waals surface area contributed by atoms with Crippen LogP contribution in [0.1, 0.15) is 21.6 Å². The van der Waals surface area contributed by atoms with Gasteiger partial charge in [0.15, 0.2) is 0 Å². The molecule has 0 aliphatic rings. The van der Waals surface area contributed by atoms with Crippen molar-refractivity contribution in [2.45, 2.75) is 13.5 Å². The number of anilines is 2. The van der Waals surface area contributed by atoms with Gasteiger partial charge in [-0.2, -0.15) is 0 Å². The number of benzene rings is 2. The molecule has 0 aliphatic heterocycles. The maximum absolute atomic E-state index is 12.6. The van der Waals surface area contributed by atoms with Crippen LogP contribution in [-0.2, 0) is 6.54 Å². The number of amides is 1. The summed E-state index contributed by atoms with van der Waals surface area (Å²) < 4.78 is 5.25. The fourth-order valence-electron chi connectivity index (χ4n) is 2.66. The van der Waals surface area contributed by atoms with Crippen molar-refractivity contribution in [1.82, 2.24) is 4.98 Å². The summed E-state index contributed by atoms with van der Waals surface area (Å²) in [6.07, 6.45) is 1.60. The molecule has 1 aromatic heterocycles. The first-order chi connectivity index (χ1) is 13.0. The van der Waals surface area contributed by atoms with Crippen LogP contribution in [0, 0.1) is 6.92 Å². The molecule has 5 nitrogen and oxygen atoms in total. The molecule has 0 unspecified atom stereocenters. The van der Waals surface area contributed by atoms with E-state index in [2.05, 4.69) is 40.7 Å². The van der Waals surface area contributed by atoms with Gasteiger partial charge in [0, 0.05) is 23.5 Å². The summed E-state index contributed by atoms with van der Waals surface area (Å²) in [4.78, 5) is 16.7. The van der Waals surface area contributed by atoms with Gasteiger partial charge in [0.1, 0.15) is 11.4 Å². The SMILES string of the molecule is COc1ccc(Cl)cc1NC(=O)c1cc(NCc2cccc(C)c2)ccn1. The van der Waals surface area contributed by atoms with Crippen molar-refractivity contribution in [3.63, 3.8) is 0 Å². The molecule has 0 bridgehead atoms. The topological polar surface area (TPSA) is 63.2 Å². The van der Waals surface area contributed by atoms with Crippen LogP contribution < -0.4 is 15.4 Å². The third kappa shape index (κ3) is 4.99. The summed E-state index contributed by atoms with van der Waals surface area (Å²) in [7, 11) is 1.53. The number of rotatable bonds is 6. The first-order valence-electron chi connectivity index (χ1n) is 8.45. The summed E-state index contributed by atoms with van der Waals surface area (Å²) in [5.74, 6) is 0.191. The van der Waals surface area contributed by atoms with Gasteiger partial charge in [0.25, 0.3) is 5.91 Å². The molecule has 3 rings (SSSR count). The van der Waals surface area contributed by atoms with E-state index in [-0.39, 0.29) is 5.91 Å². The third-order valence-electron chi connectivity index (χ3n) is 3.98. The highest BCUT2D eigenvalue weighted by Crippen LogP contribution is 2.28. The number of methoxy groups -OCH3 is 1. The van der Waals surface area contributed by atoms with Crippen molar-refractivity contribution >= 4 is 28.9 Å². The molecule has 0 aliphatic carbocycles. The highest BCUT2D eigenvalue weighted by Gasteiger charge is 2.12. The van der Waals surface area contributed by atoms with Crippen molar-refractivity contribution in [3.05, 3.63) is 82.6 Å². The first kappa shape index (κ1) is 18.7. The van der Waals surface area contributed by atoms with E-state index in [9.17, 15) is 4.79 Å². The number of carbonyl (C=O) groups excluding carboxylic acids is 1. The monoisotopic (exact) mass is 381 g/mol. The molecule has 1 heterocycles. The van der Waals surface area contributed by atoms with Crippen molar-refractivity contribution in [2.24, 2.45) is 0 Å². The maximum atomic E-state index is 12.6. The van der Waals surface area contributed by atoms with Gasteiger partial charge in [0.05, 0.1) is 12.8 Å². The molecule has 2 aromatic carbocycles. The fraction of sp³-hybridized carbons (Fsp3) is 0.143. The van der Waals surface area contributed by atoms with E-state index in [1.165, 1.54) is 18.2 Å². The lowest BCUT2D eigenvalue weighted by Gasteiger charge is -2.11. The number of nitrogens with zero attached hydrogens (tertiary/aromatic N) is 1. The zero-order chi connectivity index (χ0) is 19.2. The number of ether oxygens (including phenoxy) is 1. The molecule has 0 fully saturated rings. The van der Waals surface area contributed by atoms with Crippen LogP contribution in [0.25, 0.3) is 0 Å². The average molecular weight is 382 g/mol. The van der Waals surface area contributed by atoms with Gasteiger partial charge in [-0.1, -0.05) is 41.4 Å². The Morgan fingerprint density at radius 3 is 2.78 bits per heavy atom. The average Bonchev–Trinajstić information content (AvgIpc) is 2.67. The Morgan fingerprint density at radius 1 is 1.15 bits per heavy atom. The summed E-state index contributed by atoms with van der Waals surface area (Å²) in [6.45, 7) is 2.72. The highest BCUT2D eigenvalue weighted by atomic mass is 35.5. The molecule has 3 aromatic rings. The normalized spacial score (nSPS) is 10.3. The van der Waals surface area contributed by atoms with Gasteiger partial charge >= 0.3 is 0 Å². The fourth-order valence-corrected chi connectivity index (χ4v) is 2.83. The predicted octanol–water partition coefficient (Wildman–Crippen LogP) is 4.92. The third-order valence-corrected chi connectivity index (χ3v) is 4.22. The summed E-state index contributed by atoms with van der Waals surface area (Å²) in [5, 5.41) is 6.61. The number of halogens is 1. The lowest BCUT2D eigenvalue weighted by molar-refractivity contribution is 0.102. The van der Waals surface area contributed by atoms with Crippen LogP contribution in [0.5, 0.6) is 5.75 Å². The summed E-state index contributed by atoms with van der Waals surface area (Å²) >= 11 is 6.01. The van der Waals surface area contributed by atoms with E-state index in [1.807, 2.05) is 12.1 Å². The first-order valence-corrected chi connectivity index (χ1v) is 8.83. The quantitative estimate of drug-likeness (QED) is 0.636. The second-order valence-electron chi connectivity index (χ2n) is 6.07. The van der Waals surface area contributed by atoms with Crippen molar-refractivity contribution in [3.8, 4) is 5.75 Å². The molecule has 0 radical (unpaired) electrons. The minimum absolute atomic E-state index is 0.297. The predicted molar refractivity (Wildman–Crippen MR) is 109 cm³/mol. The number of nitrogens with one attached hydrogen (secondary N) is 2. The van der Waals surface area contributed by atoms with Crippen molar-refractivity contribution in [1.29, 1.82) is 0 Å². The molecule has 27 heavy (non-hydrogen) atoms. The Balaban J connectivity index is 1.71. The molecular formula is C21H20ClN3O2. The number of hydrogen-bond donors (Lipinski definition) is 2. The molecule has 2 N–H and O–H groups in total. The Bertz CT molecular complexity index is 960. The Kier molecular flexibility index (Phi) is 5.94. The lowest BCUT2D eigenvalue weighted by Crippen LogP contribution is -2.14. The van der Waals surface area contributed by atoms with Crippen LogP contribution in [0.3, 0.4) is 0 Å². The minimum Gasteiger partial charge on any atom is -0.495 e. The van der Waals surface area contributed by atoms with Gasteiger partial charge in [-0.05, 0) is 42.8 Å². The summed E-state index contributed by atoms with van der Waals surface area (Å²) in [5.41, 5.74) is 3.98. The number of hydrogen-bond acceptors (Lipinski definition) is 4. The van der Waals surface area contributed by atoms with E-state index in [1.54, 1.807) is 30.5 Å². The molecule has 0 saturated carbocycles. The van der Waals surface area contributed by atoms with Crippen molar-refractivity contribution in [2.75, 3.05) is 17.7 Å². The Hall–Kier alpha value is -3.05. The van der Waals surface area contributed by atoms with Gasteiger partial charge in [0.2, 0.25) is 0 Å². The Labute approximate surface area is 163 Å². The second kappa shape index (κ2) is 8.56. The molecule has 0 saturated heterocycles. The van der Waals surface area contributed by atoms with Crippen LogP contribution in [0.2, 0.25) is 5.02 Å². The molecule has 138 valence electrons. The zero-order valence-electron chi connectivity index (χ0n) is 15.1. The second-order valence-corrected chi connectivity index (χ2v) is 6.51. The molecular weight excluding hydrogens is 362 g/mol. The molecule has 0 atom stereocenters. The van der Waals surface area contributed by atoms with E-state index in [0.29, 0.717) is 28.7 Å². The van der Waals surface area contributed by atoms with Crippen LogP contribution in [-0.4, -0.2) is 18.0 Å². The van der Waals surface area contributed by atoms with Gasteiger partial charge in [-0.15, -0.1) is 0 Å². The van der Waals surface area contributed by atoms with E-state index in [0.717, 1.165) is 5.69 Å². The van der Waals surface area contributed by atoms with E-state index in [4.69, 9.17) is 16.3 Å². The smallest absolute Gasteiger partial charge is 0.274 e. The van der Waals surface area contributed by atoms with Gasteiger partial charge < -0.3 is 15.4 Å². The van der Waals surface area contributed by atoms with Crippen molar-refractivity contribution < 1.29 is 9.53 Å². The molecule has 6 heteroatoms. The number of carbonyl (C=O) groups is 1. The molecule has 1 amide bonds. The van der Waals surface area contributed by atoms with Gasteiger partial charge in [-0.3, -0.25) is 9.78 Å². The highest BCUT2D eigenvalue weighted by molar-refractivity contribution is 6.31. The Morgan fingerprint density at radius 2 is 2.00 bits per heavy atom. The van der Waals surface area contributed by atoms with Crippen LogP contribution in [0.15, 0.2) is 60.8 Å². The summed E-state index contributed by atoms with van der Waals surface area (Å²) in [6, 6.07) is 16.8. The number of aryl methyl sites for hydroxylation is 1. The van der Waals surface area contributed by atoms with Crippen LogP contribution in [0.4, 0.5) is 11.4 Å². The van der Waals surface area contributed by atoms with E-state index >= 15 is 0 Å². The molecule has 0 spiro atoms. The van der Waals surface area contributed by atoms with Crippen LogP contribution >= 0.6 is 11.6 Å². The zero-order valence-corrected chi connectivity index (χ0v) is 15.9. The maximum Gasteiger partial charge on any atom is 0.274 e. The largest absolute Gasteiger partial charge is 0.495 e.